The minimum absolute atomic E-state index is 0.256. The molecule has 0 N–H and O–H groups in total. The second-order valence-corrected chi connectivity index (χ2v) is 4.80. The minimum atomic E-state index is 0.256. The lowest BCUT2D eigenvalue weighted by atomic mass is 10.1. The van der Waals surface area contributed by atoms with Crippen LogP contribution in [0.2, 0.25) is 0 Å². The van der Waals surface area contributed by atoms with E-state index in [1.54, 1.807) is 0 Å². The first-order chi connectivity index (χ1) is 5.97. The van der Waals surface area contributed by atoms with Gasteiger partial charge in [-0.25, -0.2) is 0 Å². The Kier molecular flexibility index (Phi) is 1.74. The van der Waals surface area contributed by atoms with Crippen molar-refractivity contribution in [3.63, 3.8) is 0 Å². The van der Waals surface area contributed by atoms with Crippen LogP contribution in [0.25, 0.3) is 0 Å². The molecule has 0 aliphatic carbocycles. The van der Waals surface area contributed by atoms with Gasteiger partial charge in [-0.2, -0.15) is 5.10 Å². The number of nitrogens with zero attached hydrogens (tertiary/aromatic N) is 3. The van der Waals surface area contributed by atoms with Crippen LogP contribution in [0.5, 0.6) is 0 Å². The Morgan fingerprint density at radius 1 is 1.31 bits per heavy atom. The van der Waals surface area contributed by atoms with Crippen LogP contribution >= 0.6 is 0 Å². The minimum Gasteiger partial charge on any atom is -0.288 e. The van der Waals surface area contributed by atoms with Crippen LogP contribution < -0.4 is 0 Å². The molecule has 1 aliphatic rings. The van der Waals surface area contributed by atoms with E-state index in [1.807, 2.05) is 11.7 Å². The zero-order valence-corrected chi connectivity index (χ0v) is 8.83. The third-order valence-corrected chi connectivity index (χ3v) is 2.64. The molecule has 1 aromatic heterocycles. The van der Waals surface area contributed by atoms with Gasteiger partial charge in [-0.1, -0.05) is 0 Å². The van der Waals surface area contributed by atoms with Gasteiger partial charge < -0.3 is 0 Å². The van der Waals surface area contributed by atoms with Gasteiger partial charge in [0.05, 0.1) is 5.69 Å². The number of aryl methyl sites for hydroxylation is 1. The monoisotopic (exact) mass is 179 g/mol. The van der Waals surface area contributed by atoms with Gasteiger partial charge in [-0.15, -0.1) is 0 Å². The van der Waals surface area contributed by atoms with Crippen LogP contribution in [-0.2, 0) is 20.1 Å². The first-order valence-corrected chi connectivity index (χ1v) is 4.73. The van der Waals surface area contributed by atoms with Crippen molar-refractivity contribution >= 4 is 0 Å². The van der Waals surface area contributed by atoms with E-state index in [-0.39, 0.29) is 5.54 Å². The normalized spacial score (nSPS) is 17.8. The highest BCUT2D eigenvalue weighted by atomic mass is 15.3. The first-order valence-electron chi connectivity index (χ1n) is 4.73. The molecule has 1 aliphatic heterocycles. The molecule has 0 radical (unpaired) electrons. The molecule has 13 heavy (non-hydrogen) atoms. The van der Waals surface area contributed by atoms with Gasteiger partial charge in [0, 0.05) is 37.4 Å². The molecule has 72 valence electrons. The lowest BCUT2D eigenvalue weighted by Gasteiger charge is -2.31. The summed E-state index contributed by atoms with van der Waals surface area (Å²) >= 11 is 0. The summed E-state index contributed by atoms with van der Waals surface area (Å²) in [7, 11) is 1.99. The summed E-state index contributed by atoms with van der Waals surface area (Å²) in [6, 6.07) is 0. The molecule has 0 amide bonds. The molecule has 0 spiro atoms. The highest BCUT2D eigenvalue weighted by Crippen LogP contribution is 2.27. The molecular weight excluding hydrogens is 162 g/mol. The van der Waals surface area contributed by atoms with Crippen LogP contribution in [0.3, 0.4) is 0 Å². The highest BCUT2D eigenvalue weighted by Gasteiger charge is 2.29. The van der Waals surface area contributed by atoms with Gasteiger partial charge in [-0.3, -0.25) is 9.58 Å². The fourth-order valence-electron chi connectivity index (χ4n) is 1.77. The number of fused-ring (bicyclic) bond motifs is 1. The number of rotatable bonds is 0. The van der Waals surface area contributed by atoms with Crippen molar-refractivity contribution in [3.05, 3.63) is 17.5 Å². The zero-order valence-electron chi connectivity index (χ0n) is 8.83. The molecular formula is C10H17N3. The van der Waals surface area contributed by atoms with E-state index in [1.165, 1.54) is 11.3 Å². The van der Waals surface area contributed by atoms with Gasteiger partial charge in [-0.05, 0) is 20.8 Å². The summed E-state index contributed by atoms with van der Waals surface area (Å²) in [6.45, 7) is 8.79. The van der Waals surface area contributed by atoms with E-state index in [4.69, 9.17) is 0 Å². The van der Waals surface area contributed by atoms with E-state index in [0.29, 0.717) is 0 Å². The van der Waals surface area contributed by atoms with Crippen LogP contribution in [0.1, 0.15) is 32.0 Å². The van der Waals surface area contributed by atoms with Crippen molar-refractivity contribution in [1.82, 2.24) is 14.7 Å². The van der Waals surface area contributed by atoms with Crippen molar-refractivity contribution in [3.8, 4) is 0 Å². The quantitative estimate of drug-likeness (QED) is 0.602. The Morgan fingerprint density at radius 3 is 2.54 bits per heavy atom. The van der Waals surface area contributed by atoms with E-state index in [9.17, 15) is 0 Å². The summed E-state index contributed by atoms with van der Waals surface area (Å²) < 4.78 is 1.91. The maximum absolute atomic E-state index is 4.43. The van der Waals surface area contributed by atoms with Crippen LogP contribution in [-0.4, -0.2) is 20.2 Å². The molecule has 2 heterocycles. The van der Waals surface area contributed by atoms with Crippen LogP contribution in [0, 0.1) is 0 Å². The molecule has 0 unspecified atom stereocenters. The molecule has 0 fully saturated rings. The van der Waals surface area contributed by atoms with E-state index < -0.39 is 0 Å². The predicted molar refractivity (Wildman–Crippen MR) is 52.2 cm³/mol. The molecule has 0 bridgehead atoms. The molecule has 0 saturated carbocycles. The SMILES string of the molecule is Cn1cc2c(n1)CN(C(C)(C)C)C2. The summed E-state index contributed by atoms with van der Waals surface area (Å²) in [5.41, 5.74) is 2.89. The maximum Gasteiger partial charge on any atom is 0.0809 e. The summed E-state index contributed by atoms with van der Waals surface area (Å²) in [4.78, 5) is 2.45. The molecule has 1 aromatic rings. The average Bonchev–Trinajstić information content (AvgIpc) is 2.40. The zero-order chi connectivity index (χ0) is 9.64. The van der Waals surface area contributed by atoms with Crippen molar-refractivity contribution in [2.45, 2.75) is 39.4 Å². The second-order valence-electron chi connectivity index (χ2n) is 4.80. The number of aromatic nitrogens is 2. The van der Waals surface area contributed by atoms with Gasteiger partial charge >= 0.3 is 0 Å². The molecule has 3 nitrogen and oxygen atoms in total. The Labute approximate surface area is 79.3 Å². The van der Waals surface area contributed by atoms with Gasteiger partial charge in [0.25, 0.3) is 0 Å². The van der Waals surface area contributed by atoms with Crippen molar-refractivity contribution in [2.75, 3.05) is 0 Å². The number of hydrogen-bond acceptors (Lipinski definition) is 2. The Hall–Kier alpha value is -0.830. The molecule has 0 aromatic carbocycles. The standard InChI is InChI=1S/C10H17N3/c1-10(2,3)13-6-8-5-12(4)11-9(8)7-13/h5H,6-7H2,1-4H3. The van der Waals surface area contributed by atoms with Gasteiger partial charge in [0.15, 0.2) is 0 Å². The summed E-state index contributed by atoms with van der Waals surface area (Å²) in [5.74, 6) is 0. The third-order valence-electron chi connectivity index (χ3n) is 2.64. The Morgan fingerprint density at radius 2 is 2.00 bits per heavy atom. The Bertz CT molecular complexity index is 296. The Balaban J connectivity index is 2.20. The lowest BCUT2D eigenvalue weighted by molar-refractivity contribution is 0.134. The molecule has 0 saturated heterocycles. The van der Waals surface area contributed by atoms with Crippen LogP contribution in [0.15, 0.2) is 6.20 Å². The second kappa shape index (κ2) is 2.58. The maximum atomic E-state index is 4.43. The largest absolute Gasteiger partial charge is 0.288 e. The van der Waals surface area contributed by atoms with Crippen molar-refractivity contribution in [2.24, 2.45) is 7.05 Å². The smallest absolute Gasteiger partial charge is 0.0809 e. The lowest BCUT2D eigenvalue weighted by Crippen LogP contribution is -2.37. The van der Waals surface area contributed by atoms with E-state index in [0.717, 1.165) is 13.1 Å². The first kappa shape index (κ1) is 8.75. The fourth-order valence-corrected chi connectivity index (χ4v) is 1.77. The van der Waals surface area contributed by atoms with Gasteiger partial charge in [0.1, 0.15) is 0 Å². The topological polar surface area (TPSA) is 21.1 Å². The third kappa shape index (κ3) is 1.48. The highest BCUT2D eigenvalue weighted by molar-refractivity contribution is 5.22. The molecule has 3 heteroatoms. The summed E-state index contributed by atoms with van der Waals surface area (Å²) in [5, 5.41) is 4.43. The van der Waals surface area contributed by atoms with Crippen molar-refractivity contribution in [1.29, 1.82) is 0 Å². The van der Waals surface area contributed by atoms with Gasteiger partial charge in [0.2, 0.25) is 0 Å². The van der Waals surface area contributed by atoms with E-state index in [2.05, 4.69) is 37.0 Å². The average molecular weight is 179 g/mol. The predicted octanol–water partition coefficient (Wildman–Crippen LogP) is 1.53. The summed E-state index contributed by atoms with van der Waals surface area (Å²) in [6.07, 6.45) is 2.13. The molecule has 2 rings (SSSR count). The number of hydrogen-bond donors (Lipinski definition) is 0. The fraction of sp³-hybridized carbons (Fsp3) is 0.700. The van der Waals surface area contributed by atoms with Crippen molar-refractivity contribution < 1.29 is 0 Å². The molecule has 0 atom stereocenters. The van der Waals surface area contributed by atoms with Crippen LogP contribution in [0.4, 0.5) is 0 Å². The van der Waals surface area contributed by atoms with E-state index >= 15 is 0 Å².